The second-order valence-corrected chi connectivity index (χ2v) is 5.59. The van der Waals surface area contributed by atoms with E-state index in [2.05, 4.69) is 34.5 Å². The summed E-state index contributed by atoms with van der Waals surface area (Å²) in [5.41, 5.74) is 2.47. The quantitative estimate of drug-likeness (QED) is 0.902. The van der Waals surface area contributed by atoms with E-state index in [1.165, 1.54) is 38.0 Å². The number of anilines is 1. The third-order valence-corrected chi connectivity index (χ3v) is 3.65. The highest BCUT2D eigenvalue weighted by Gasteiger charge is 2.10. The molecule has 0 unspecified atom stereocenters. The minimum atomic E-state index is 0.0487. The van der Waals surface area contributed by atoms with E-state index in [1.807, 2.05) is 13.8 Å². The molecule has 1 saturated heterocycles. The predicted molar refractivity (Wildman–Crippen MR) is 79.2 cm³/mol. The molecule has 1 fully saturated rings. The molecule has 104 valence electrons. The van der Waals surface area contributed by atoms with Gasteiger partial charge in [-0.05, 0) is 37.0 Å². The lowest BCUT2D eigenvalue weighted by atomic mass is 10.1. The maximum absolute atomic E-state index is 11.5. The van der Waals surface area contributed by atoms with Crippen molar-refractivity contribution in [2.24, 2.45) is 5.92 Å². The van der Waals surface area contributed by atoms with Crippen LogP contribution in [0.2, 0.25) is 0 Å². The molecule has 1 heterocycles. The monoisotopic (exact) mass is 260 g/mol. The van der Waals surface area contributed by atoms with Crippen LogP contribution in [0.4, 0.5) is 5.69 Å². The molecular weight excluding hydrogens is 236 g/mol. The normalized spacial score (nSPS) is 15.6. The highest BCUT2D eigenvalue weighted by atomic mass is 16.1. The lowest BCUT2D eigenvalue weighted by Gasteiger charge is -2.28. The number of carbonyl (C=O) groups excluding carboxylic acids is 1. The van der Waals surface area contributed by atoms with Crippen LogP contribution in [0, 0.1) is 5.92 Å². The Hall–Kier alpha value is -1.51. The maximum atomic E-state index is 11.5. The van der Waals surface area contributed by atoms with Crippen molar-refractivity contribution in [1.29, 1.82) is 0 Å². The lowest BCUT2D eigenvalue weighted by Crippen LogP contribution is -2.29. The average Bonchev–Trinajstić information content (AvgIpc) is 2.46. The molecule has 0 aromatic heterocycles. The minimum absolute atomic E-state index is 0.0487. The Bertz CT molecular complexity index is 405. The van der Waals surface area contributed by atoms with E-state index < -0.39 is 0 Å². The fourth-order valence-electron chi connectivity index (χ4n) is 2.37. The molecule has 3 nitrogen and oxygen atoms in total. The molecule has 0 radical (unpaired) electrons. The van der Waals surface area contributed by atoms with Gasteiger partial charge in [0.05, 0.1) is 0 Å². The first-order chi connectivity index (χ1) is 9.16. The molecule has 1 aliphatic rings. The molecule has 2 rings (SSSR count). The Morgan fingerprint density at radius 1 is 1.16 bits per heavy atom. The molecule has 0 bridgehead atoms. The van der Waals surface area contributed by atoms with Crippen LogP contribution in [0.5, 0.6) is 0 Å². The number of hydrogen-bond acceptors (Lipinski definition) is 2. The third kappa shape index (κ3) is 3.98. The van der Waals surface area contributed by atoms with Crippen molar-refractivity contribution >= 4 is 11.6 Å². The van der Waals surface area contributed by atoms with Gasteiger partial charge in [0, 0.05) is 31.2 Å². The van der Waals surface area contributed by atoms with Gasteiger partial charge in [-0.3, -0.25) is 4.79 Å². The van der Waals surface area contributed by atoms with Crippen LogP contribution in [-0.4, -0.2) is 19.0 Å². The van der Waals surface area contributed by atoms with E-state index in [-0.39, 0.29) is 11.8 Å². The summed E-state index contributed by atoms with van der Waals surface area (Å²) in [6.45, 7) is 6.79. The molecule has 0 spiro atoms. The van der Waals surface area contributed by atoms with Gasteiger partial charge < -0.3 is 10.2 Å². The van der Waals surface area contributed by atoms with Gasteiger partial charge >= 0.3 is 0 Å². The van der Waals surface area contributed by atoms with E-state index in [4.69, 9.17) is 0 Å². The van der Waals surface area contributed by atoms with Gasteiger partial charge in [0.1, 0.15) is 0 Å². The Kier molecular flexibility index (Phi) is 4.83. The first-order valence-electron chi connectivity index (χ1n) is 7.28. The van der Waals surface area contributed by atoms with E-state index in [0.717, 1.165) is 5.56 Å². The summed E-state index contributed by atoms with van der Waals surface area (Å²) >= 11 is 0. The van der Waals surface area contributed by atoms with Crippen molar-refractivity contribution in [1.82, 2.24) is 5.32 Å². The van der Waals surface area contributed by atoms with Crippen molar-refractivity contribution in [3.05, 3.63) is 29.8 Å². The molecule has 1 N–H and O–H groups in total. The summed E-state index contributed by atoms with van der Waals surface area (Å²) in [6.07, 6.45) is 3.95. The van der Waals surface area contributed by atoms with Crippen LogP contribution in [0.25, 0.3) is 0 Å². The number of benzene rings is 1. The predicted octanol–water partition coefficient (Wildman–Crippen LogP) is 2.95. The molecule has 0 aliphatic carbocycles. The zero-order chi connectivity index (χ0) is 13.7. The third-order valence-electron chi connectivity index (χ3n) is 3.65. The summed E-state index contributed by atoms with van der Waals surface area (Å²) in [5, 5.41) is 2.94. The smallest absolute Gasteiger partial charge is 0.222 e. The topological polar surface area (TPSA) is 32.3 Å². The molecule has 1 amide bonds. The van der Waals surface area contributed by atoms with E-state index in [9.17, 15) is 4.79 Å². The van der Waals surface area contributed by atoms with Gasteiger partial charge in [-0.15, -0.1) is 0 Å². The number of hydrogen-bond donors (Lipinski definition) is 1. The van der Waals surface area contributed by atoms with Crippen LogP contribution in [0.3, 0.4) is 0 Å². The van der Waals surface area contributed by atoms with Gasteiger partial charge in [0.15, 0.2) is 0 Å². The molecule has 1 aliphatic heterocycles. The number of nitrogens with zero attached hydrogens (tertiary/aromatic N) is 1. The molecule has 3 heteroatoms. The molecule has 19 heavy (non-hydrogen) atoms. The minimum Gasteiger partial charge on any atom is -0.372 e. The van der Waals surface area contributed by atoms with E-state index in [1.54, 1.807) is 0 Å². The summed E-state index contributed by atoms with van der Waals surface area (Å²) in [5.74, 6) is 0.160. The number of carbonyl (C=O) groups is 1. The Balaban J connectivity index is 1.89. The number of nitrogens with one attached hydrogen (secondary N) is 1. The Morgan fingerprint density at radius 2 is 1.79 bits per heavy atom. The number of piperidine rings is 1. The summed E-state index contributed by atoms with van der Waals surface area (Å²) in [7, 11) is 0. The Labute approximate surface area is 116 Å². The van der Waals surface area contributed by atoms with Gasteiger partial charge in [0.2, 0.25) is 5.91 Å². The van der Waals surface area contributed by atoms with Gasteiger partial charge in [-0.25, -0.2) is 0 Å². The molecule has 0 atom stereocenters. The summed E-state index contributed by atoms with van der Waals surface area (Å²) in [4.78, 5) is 14.0. The van der Waals surface area contributed by atoms with Gasteiger partial charge in [0.25, 0.3) is 0 Å². The van der Waals surface area contributed by atoms with Crippen molar-refractivity contribution in [3.8, 4) is 0 Å². The van der Waals surface area contributed by atoms with Crippen LogP contribution < -0.4 is 10.2 Å². The fourth-order valence-corrected chi connectivity index (χ4v) is 2.37. The number of amides is 1. The molecule has 1 aromatic carbocycles. The first kappa shape index (κ1) is 13.9. The highest BCUT2D eigenvalue weighted by Crippen LogP contribution is 2.20. The fraction of sp³-hybridized carbons (Fsp3) is 0.562. The second kappa shape index (κ2) is 6.60. The lowest BCUT2D eigenvalue weighted by molar-refractivity contribution is -0.124. The van der Waals surface area contributed by atoms with E-state index >= 15 is 0 Å². The summed E-state index contributed by atoms with van der Waals surface area (Å²) in [6, 6.07) is 8.57. The van der Waals surface area contributed by atoms with Crippen LogP contribution in [-0.2, 0) is 11.3 Å². The largest absolute Gasteiger partial charge is 0.372 e. The molecule has 1 aromatic rings. The Morgan fingerprint density at radius 3 is 2.37 bits per heavy atom. The number of rotatable bonds is 4. The summed E-state index contributed by atoms with van der Waals surface area (Å²) < 4.78 is 0. The van der Waals surface area contributed by atoms with Crippen LogP contribution in [0.1, 0.15) is 38.7 Å². The standard InChI is InChI=1S/C16H24N2O/c1-13(2)16(19)17-12-14-6-8-15(9-7-14)18-10-4-3-5-11-18/h6-9,13H,3-5,10-12H2,1-2H3,(H,17,19). The SMILES string of the molecule is CC(C)C(=O)NCc1ccc(N2CCCCC2)cc1. The van der Waals surface area contributed by atoms with Crippen LogP contribution >= 0.6 is 0 Å². The molecular formula is C16H24N2O. The second-order valence-electron chi connectivity index (χ2n) is 5.59. The van der Waals surface area contributed by atoms with Crippen molar-refractivity contribution in [2.45, 2.75) is 39.7 Å². The first-order valence-corrected chi connectivity index (χ1v) is 7.28. The van der Waals surface area contributed by atoms with Crippen molar-refractivity contribution in [3.63, 3.8) is 0 Å². The zero-order valence-electron chi connectivity index (χ0n) is 12.0. The zero-order valence-corrected chi connectivity index (χ0v) is 12.0. The highest BCUT2D eigenvalue weighted by molar-refractivity contribution is 5.77. The maximum Gasteiger partial charge on any atom is 0.222 e. The molecule has 0 saturated carbocycles. The van der Waals surface area contributed by atoms with Gasteiger partial charge in [-0.1, -0.05) is 26.0 Å². The van der Waals surface area contributed by atoms with E-state index in [0.29, 0.717) is 6.54 Å². The van der Waals surface area contributed by atoms with Crippen molar-refractivity contribution < 1.29 is 4.79 Å². The van der Waals surface area contributed by atoms with Crippen LogP contribution in [0.15, 0.2) is 24.3 Å². The average molecular weight is 260 g/mol. The van der Waals surface area contributed by atoms with Gasteiger partial charge in [-0.2, -0.15) is 0 Å². The van der Waals surface area contributed by atoms with Crippen molar-refractivity contribution in [2.75, 3.05) is 18.0 Å².